The maximum atomic E-state index is 10.3. The Kier molecular flexibility index (Phi) is 41.0. The first-order chi connectivity index (χ1) is 22.8. The second-order valence-electron chi connectivity index (χ2n) is 15.2. The summed E-state index contributed by atoms with van der Waals surface area (Å²) in [6.45, 7) is 7.68. The Balaban J connectivity index is 0. The van der Waals surface area contributed by atoms with Crippen molar-refractivity contribution in [2.75, 3.05) is 18.9 Å². The van der Waals surface area contributed by atoms with Crippen LogP contribution >= 0.6 is 7.28 Å². The molecule has 0 aromatic carbocycles. The van der Waals surface area contributed by atoms with Gasteiger partial charge in [-0.15, -0.1) is 0 Å². The molecule has 5 heteroatoms. The van der Waals surface area contributed by atoms with Gasteiger partial charge in [0.1, 0.15) is 0 Å². The molecule has 4 nitrogen and oxygen atoms in total. The molecule has 0 aliphatic heterocycles. The van der Waals surface area contributed by atoms with Crippen LogP contribution in [0.15, 0.2) is 0 Å². The van der Waals surface area contributed by atoms with Crippen LogP contribution in [-0.2, 0) is 0 Å². The van der Waals surface area contributed by atoms with Crippen molar-refractivity contribution in [3.63, 3.8) is 0 Å². The molecule has 5 N–H and O–H groups in total. The Hall–Kier alpha value is 0.270. The average Bonchev–Trinajstić information content (AvgIpc) is 3.05. The number of unbranched alkanes of at least 4 members (excludes halogenated alkanes) is 33. The van der Waals surface area contributed by atoms with Crippen molar-refractivity contribution in [2.24, 2.45) is 5.73 Å². The van der Waals surface area contributed by atoms with Gasteiger partial charge in [0.25, 0.3) is 0 Å². The SMILES string of the molecule is CCCCCCCCCCCCCCN.CCCCCCCCCCCCCCP(O)(O)(O)CCCCCCCCCCCCCC. The first-order valence-electron chi connectivity index (χ1n) is 21.8. The summed E-state index contributed by atoms with van der Waals surface area (Å²) in [6, 6.07) is 0. The molecule has 0 fully saturated rings. The molecular weight excluding hydrogens is 597 g/mol. The third-order valence-corrected chi connectivity index (χ3v) is 12.5. The normalized spacial score (nSPS) is 12.5. The predicted molar refractivity (Wildman–Crippen MR) is 216 cm³/mol. The van der Waals surface area contributed by atoms with E-state index >= 15 is 0 Å². The Morgan fingerprint density at radius 2 is 0.447 bits per heavy atom. The van der Waals surface area contributed by atoms with E-state index in [1.807, 2.05) is 0 Å². The van der Waals surface area contributed by atoms with Crippen LogP contribution in [-0.4, -0.2) is 33.5 Å². The minimum Gasteiger partial charge on any atom is -0.0654 e. The quantitative estimate of drug-likeness (QED) is 0.0384. The van der Waals surface area contributed by atoms with Crippen molar-refractivity contribution in [3.05, 3.63) is 0 Å². The molecule has 0 aromatic rings. The summed E-state index contributed by atoms with van der Waals surface area (Å²) in [6.07, 6.45) is 47.4. The van der Waals surface area contributed by atoms with Gasteiger partial charge in [0.2, 0.25) is 0 Å². The predicted octanol–water partition coefficient (Wildman–Crippen LogP) is 14.3. The monoisotopic (exact) mass is 690 g/mol. The van der Waals surface area contributed by atoms with Crippen molar-refractivity contribution in [2.45, 2.75) is 252 Å². The Bertz CT molecular complexity index is 522. The zero-order chi connectivity index (χ0) is 35.0. The van der Waals surface area contributed by atoms with Crippen LogP contribution in [0.1, 0.15) is 252 Å². The molecule has 0 saturated carbocycles. The molecule has 0 saturated heterocycles. The van der Waals surface area contributed by atoms with E-state index in [-0.39, 0.29) is 12.3 Å². The fraction of sp³-hybridized carbons (Fsp3) is 1.00. The second kappa shape index (κ2) is 39.1. The summed E-state index contributed by atoms with van der Waals surface area (Å²) in [5.41, 5.74) is 5.45. The third-order valence-electron chi connectivity index (χ3n) is 10.00. The number of hydrogen-bond donors (Lipinski definition) is 4. The molecule has 0 bridgehead atoms. The van der Waals surface area contributed by atoms with Gasteiger partial charge in [-0.05, 0) is 13.0 Å². The molecule has 0 unspecified atom stereocenters. The summed E-state index contributed by atoms with van der Waals surface area (Å²) in [5.74, 6) is 0. The van der Waals surface area contributed by atoms with Crippen molar-refractivity contribution >= 4 is 7.28 Å². The van der Waals surface area contributed by atoms with Crippen LogP contribution in [0.5, 0.6) is 0 Å². The minimum absolute atomic E-state index is 0.209. The maximum absolute atomic E-state index is 10.3. The van der Waals surface area contributed by atoms with Crippen LogP contribution in [0.2, 0.25) is 0 Å². The standard InChI is InChI=1S/C28H61O3P.C14H31N/c1-3-5-7-9-11-13-15-17-19-21-23-25-27-32(29,30,31)28-26-24-22-20-18-16-14-12-10-8-6-4-2;1-2-3-4-5-6-7-8-9-10-11-12-13-14-15/h29-31H,3-28H2,1-2H3;2-15H2,1H3. The Morgan fingerprint density at radius 3 is 0.638 bits per heavy atom. The zero-order valence-electron chi connectivity index (χ0n) is 32.9. The van der Waals surface area contributed by atoms with Gasteiger partial charge < -0.3 is 5.73 Å². The van der Waals surface area contributed by atoms with Gasteiger partial charge in [0, 0.05) is 0 Å². The van der Waals surface area contributed by atoms with Crippen LogP contribution in [0.25, 0.3) is 0 Å². The molecule has 0 amide bonds. The van der Waals surface area contributed by atoms with Crippen LogP contribution < -0.4 is 5.73 Å². The molecular formula is C42H92NO3P. The Labute approximate surface area is 297 Å². The molecule has 0 radical (unpaired) electrons. The summed E-state index contributed by atoms with van der Waals surface area (Å²) in [7, 11) is -4.37. The van der Waals surface area contributed by atoms with Crippen LogP contribution in [0, 0.1) is 0 Å². The zero-order valence-corrected chi connectivity index (χ0v) is 33.8. The molecule has 288 valence electrons. The number of rotatable bonds is 38. The minimum atomic E-state index is -4.37. The van der Waals surface area contributed by atoms with E-state index in [1.165, 1.54) is 193 Å². The molecule has 0 aliphatic carbocycles. The van der Waals surface area contributed by atoms with Crippen molar-refractivity contribution in [1.82, 2.24) is 0 Å². The van der Waals surface area contributed by atoms with Gasteiger partial charge in [0.15, 0.2) is 0 Å². The van der Waals surface area contributed by atoms with Gasteiger partial charge >= 0.3 is 176 Å². The first kappa shape index (κ1) is 49.4. The van der Waals surface area contributed by atoms with E-state index in [9.17, 15) is 14.7 Å². The molecule has 0 heterocycles. The third kappa shape index (κ3) is 46.3. The molecule has 0 aliphatic rings. The van der Waals surface area contributed by atoms with Gasteiger partial charge in [-0.25, -0.2) is 0 Å². The summed E-state index contributed by atoms with van der Waals surface area (Å²) < 4.78 is 0. The topological polar surface area (TPSA) is 86.7 Å². The van der Waals surface area contributed by atoms with E-state index in [0.717, 1.165) is 45.1 Å². The average molecular weight is 690 g/mol. The molecule has 0 rings (SSSR count). The first-order valence-corrected chi connectivity index (χ1v) is 24.2. The van der Waals surface area contributed by atoms with Gasteiger partial charge in [0.05, 0.1) is 0 Å². The van der Waals surface area contributed by atoms with Crippen molar-refractivity contribution in [3.8, 4) is 0 Å². The number of hydrogen-bond acceptors (Lipinski definition) is 4. The second-order valence-corrected chi connectivity index (χ2v) is 18.8. The summed E-state index contributed by atoms with van der Waals surface area (Å²) >= 11 is 0. The summed E-state index contributed by atoms with van der Waals surface area (Å²) in [4.78, 5) is 31.0. The van der Waals surface area contributed by atoms with E-state index in [4.69, 9.17) is 5.73 Å². The molecule has 0 atom stereocenters. The number of nitrogens with two attached hydrogens (primary N) is 1. The van der Waals surface area contributed by atoms with Crippen LogP contribution in [0.4, 0.5) is 0 Å². The molecule has 47 heavy (non-hydrogen) atoms. The Morgan fingerprint density at radius 1 is 0.277 bits per heavy atom. The van der Waals surface area contributed by atoms with Gasteiger partial charge in [-0.3, -0.25) is 0 Å². The van der Waals surface area contributed by atoms with Crippen LogP contribution in [0.3, 0.4) is 0 Å². The fourth-order valence-electron chi connectivity index (χ4n) is 6.65. The van der Waals surface area contributed by atoms with Crippen molar-refractivity contribution < 1.29 is 14.7 Å². The van der Waals surface area contributed by atoms with E-state index in [2.05, 4.69) is 20.8 Å². The molecule has 0 aromatic heterocycles. The summed E-state index contributed by atoms with van der Waals surface area (Å²) in [5, 5.41) is 0. The van der Waals surface area contributed by atoms with Gasteiger partial charge in [-0.2, -0.15) is 0 Å². The molecule has 0 spiro atoms. The van der Waals surface area contributed by atoms with E-state index < -0.39 is 7.28 Å². The smallest absolute Gasteiger partial charge is 0.0654 e. The van der Waals surface area contributed by atoms with Gasteiger partial charge in [-0.1, -0.05) is 104 Å². The fourth-order valence-corrected chi connectivity index (χ4v) is 8.62. The van der Waals surface area contributed by atoms with Crippen molar-refractivity contribution in [1.29, 1.82) is 0 Å². The van der Waals surface area contributed by atoms with E-state index in [0.29, 0.717) is 0 Å². The van der Waals surface area contributed by atoms with E-state index in [1.54, 1.807) is 0 Å².